The Morgan fingerprint density at radius 2 is 2.20 bits per heavy atom. The molecule has 2 aliphatic rings. The molecule has 2 aliphatic heterocycles. The van der Waals surface area contributed by atoms with E-state index in [1.807, 2.05) is 12.1 Å². The molecule has 1 unspecified atom stereocenters. The van der Waals surface area contributed by atoms with E-state index in [4.69, 9.17) is 26.2 Å². The fraction of sp³-hybridized carbons (Fsp3) is 0.462. The fourth-order valence-electron chi connectivity index (χ4n) is 2.21. The lowest BCUT2D eigenvalue weighted by atomic mass is 10.2. The first-order chi connectivity index (χ1) is 9.65. The maximum atomic E-state index is 11.0. The molecular formula is C13H14ClNO4S. The van der Waals surface area contributed by atoms with E-state index in [-0.39, 0.29) is 5.37 Å². The summed E-state index contributed by atoms with van der Waals surface area (Å²) < 4.78 is 11.2. The second-order valence-corrected chi connectivity index (χ2v) is 6.20. The summed E-state index contributed by atoms with van der Waals surface area (Å²) in [6.07, 6.45) is 0.817. The van der Waals surface area contributed by atoms with Gasteiger partial charge in [-0.3, -0.25) is 10.1 Å². The molecule has 1 saturated heterocycles. The van der Waals surface area contributed by atoms with Gasteiger partial charge in [-0.2, -0.15) is 0 Å². The highest BCUT2D eigenvalue weighted by Crippen LogP contribution is 2.42. The lowest BCUT2D eigenvalue weighted by molar-refractivity contribution is -0.138. The van der Waals surface area contributed by atoms with Gasteiger partial charge in [-0.15, -0.1) is 11.8 Å². The van der Waals surface area contributed by atoms with Gasteiger partial charge in [0.25, 0.3) is 0 Å². The summed E-state index contributed by atoms with van der Waals surface area (Å²) in [5.41, 5.74) is 0.910. The predicted molar refractivity (Wildman–Crippen MR) is 76.8 cm³/mol. The SMILES string of the molecule is O=C(O)[C@H]1CSC(c2cc(Cl)c3c(c2)OCCCO3)N1. The van der Waals surface area contributed by atoms with Crippen LogP contribution < -0.4 is 14.8 Å². The van der Waals surface area contributed by atoms with Gasteiger partial charge in [0.1, 0.15) is 6.04 Å². The highest BCUT2D eigenvalue weighted by Gasteiger charge is 2.31. The second kappa shape index (κ2) is 5.71. The number of rotatable bonds is 2. The quantitative estimate of drug-likeness (QED) is 0.873. The largest absolute Gasteiger partial charge is 0.489 e. The molecule has 1 aromatic rings. The number of carboxylic acids is 1. The van der Waals surface area contributed by atoms with Crippen molar-refractivity contribution >= 4 is 29.3 Å². The normalized spacial score (nSPS) is 25.2. The Kier molecular flexibility index (Phi) is 3.96. The Bertz CT molecular complexity index is 539. The Balaban J connectivity index is 1.86. The molecule has 7 heteroatoms. The van der Waals surface area contributed by atoms with Crippen LogP contribution in [0.5, 0.6) is 11.5 Å². The van der Waals surface area contributed by atoms with Crippen LogP contribution in [0.25, 0.3) is 0 Å². The molecule has 2 heterocycles. The summed E-state index contributed by atoms with van der Waals surface area (Å²) in [6, 6.07) is 3.16. The van der Waals surface area contributed by atoms with E-state index in [9.17, 15) is 4.79 Å². The summed E-state index contributed by atoms with van der Waals surface area (Å²) in [7, 11) is 0. The van der Waals surface area contributed by atoms with Crippen LogP contribution in [0.15, 0.2) is 12.1 Å². The first kappa shape index (κ1) is 13.9. The Morgan fingerprint density at radius 1 is 1.40 bits per heavy atom. The summed E-state index contributed by atoms with van der Waals surface area (Å²) >= 11 is 7.79. The molecule has 0 radical (unpaired) electrons. The van der Waals surface area contributed by atoms with Crippen molar-refractivity contribution in [2.24, 2.45) is 0 Å². The van der Waals surface area contributed by atoms with Crippen LogP contribution in [0.1, 0.15) is 17.4 Å². The van der Waals surface area contributed by atoms with Crippen LogP contribution in [-0.2, 0) is 4.79 Å². The zero-order valence-corrected chi connectivity index (χ0v) is 12.2. The van der Waals surface area contributed by atoms with Crippen LogP contribution in [0.3, 0.4) is 0 Å². The molecule has 0 aliphatic carbocycles. The number of ether oxygens (including phenoxy) is 2. The van der Waals surface area contributed by atoms with Gasteiger partial charge < -0.3 is 14.6 Å². The lowest BCUT2D eigenvalue weighted by Crippen LogP contribution is -2.33. The summed E-state index contributed by atoms with van der Waals surface area (Å²) in [4.78, 5) is 11.0. The van der Waals surface area contributed by atoms with Gasteiger partial charge >= 0.3 is 5.97 Å². The molecule has 0 amide bonds. The van der Waals surface area contributed by atoms with Crippen molar-refractivity contribution < 1.29 is 19.4 Å². The number of nitrogens with one attached hydrogen (secondary N) is 1. The minimum Gasteiger partial charge on any atom is -0.489 e. The van der Waals surface area contributed by atoms with Gasteiger partial charge in [-0.25, -0.2) is 0 Å². The van der Waals surface area contributed by atoms with Crippen molar-refractivity contribution in [3.63, 3.8) is 0 Å². The molecule has 2 atom stereocenters. The molecule has 1 aromatic carbocycles. The topological polar surface area (TPSA) is 67.8 Å². The fourth-order valence-corrected chi connectivity index (χ4v) is 3.69. The van der Waals surface area contributed by atoms with E-state index in [0.29, 0.717) is 35.5 Å². The van der Waals surface area contributed by atoms with Crippen molar-refractivity contribution in [2.75, 3.05) is 19.0 Å². The number of carboxylic acid groups (broad SMARTS) is 1. The van der Waals surface area contributed by atoms with Gasteiger partial charge in [0.2, 0.25) is 0 Å². The Hall–Kier alpha value is -1.11. The van der Waals surface area contributed by atoms with Crippen LogP contribution >= 0.6 is 23.4 Å². The van der Waals surface area contributed by atoms with Gasteiger partial charge in [0.15, 0.2) is 11.5 Å². The number of benzene rings is 1. The lowest BCUT2D eigenvalue weighted by Gasteiger charge is -2.15. The molecule has 0 saturated carbocycles. The number of fused-ring (bicyclic) bond motifs is 1. The third-order valence-electron chi connectivity index (χ3n) is 3.21. The highest BCUT2D eigenvalue weighted by atomic mass is 35.5. The van der Waals surface area contributed by atoms with Gasteiger partial charge in [-0.1, -0.05) is 11.6 Å². The molecule has 1 fully saturated rings. The van der Waals surface area contributed by atoms with E-state index < -0.39 is 12.0 Å². The third kappa shape index (κ3) is 2.68. The molecule has 20 heavy (non-hydrogen) atoms. The summed E-state index contributed by atoms with van der Waals surface area (Å²) in [6.45, 7) is 1.18. The zero-order chi connectivity index (χ0) is 14.1. The molecule has 0 spiro atoms. The number of carbonyl (C=O) groups is 1. The van der Waals surface area contributed by atoms with E-state index >= 15 is 0 Å². The molecule has 5 nitrogen and oxygen atoms in total. The van der Waals surface area contributed by atoms with Gasteiger partial charge in [0, 0.05) is 12.2 Å². The molecule has 108 valence electrons. The second-order valence-electron chi connectivity index (χ2n) is 4.65. The Morgan fingerprint density at radius 3 is 2.95 bits per heavy atom. The van der Waals surface area contributed by atoms with Gasteiger partial charge in [0.05, 0.1) is 23.6 Å². The average molecular weight is 316 g/mol. The van der Waals surface area contributed by atoms with Crippen molar-refractivity contribution in [3.8, 4) is 11.5 Å². The van der Waals surface area contributed by atoms with Crippen molar-refractivity contribution in [3.05, 3.63) is 22.7 Å². The van der Waals surface area contributed by atoms with Crippen LogP contribution in [-0.4, -0.2) is 36.1 Å². The maximum Gasteiger partial charge on any atom is 0.321 e. The number of hydrogen-bond donors (Lipinski definition) is 2. The number of hydrogen-bond acceptors (Lipinski definition) is 5. The van der Waals surface area contributed by atoms with E-state index in [1.165, 1.54) is 0 Å². The molecule has 0 bridgehead atoms. The van der Waals surface area contributed by atoms with Gasteiger partial charge in [-0.05, 0) is 17.7 Å². The summed E-state index contributed by atoms with van der Waals surface area (Å²) in [5, 5.41) is 12.5. The van der Waals surface area contributed by atoms with Crippen molar-refractivity contribution in [2.45, 2.75) is 17.8 Å². The maximum absolute atomic E-state index is 11.0. The predicted octanol–water partition coefficient (Wildman–Crippen LogP) is 2.29. The average Bonchev–Trinajstić information content (AvgIpc) is 2.79. The monoisotopic (exact) mass is 315 g/mol. The number of aliphatic carboxylic acids is 1. The first-order valence-corrected chi connectivity index (χ1v) is 7.77. The molecule has 2 N–H and O–H groups in total. The van der Waals surface area contributed by atoms with Crippen molar-refractivity contribution in [1.82, 2.24) is 5.32 Å². The van der Waals surface area contributed by atoms with Crippen LogP contribution in [0.2, 0.25) is 5.02 Å². The molecule has 3 rings (SSSR count). The minimum atomic E-state index is -0.833. The minimum absolute atomic E-state index is 0.0919. The number of halogens is 1. The summed E-state index contributed by atoms with van der Waals surface area (Å²) in [5.74, 6) is 0.906. The third-order valence-corrected chi connectivity index (χ3v) is 4.76. The standard InChI is InChI=1S/C13H14ClNO4S/c14-8-4-7(12-15-9(6-20-12)13(16)17)5-10-11(8)19-3-1-2-18-10/h4-5,9,12,15H,1-3,6H2,(H,16,17)/t9-,12?/m1/s1. The molecular weight excluding hydrogens is 302 g/mol. The van der Waals surface area contributed by atoms with Crippen LogP contribution in [0, 0.1) is 0 Å². The molecule has 0 aromatic heterocycles. The van der Waals surface area contributed by atoms with E-state index in [1.54, 1.807) is 11.8 Å². The van der Waals surface area contributed by atoms with E-state index in [2.05, 4.69) is 5.32 Å². The van der Waals surface area contributed by atoms with E-state index in [0.717, 1.165) is 12.0 Å². The van der Waals surface area contributed by atoms with Crippen LogP contribution in [0.4, 0.5) is 0 Å². The van der Waals surface area contributed by atoms with Crippen molar-refractivity contribution in [1.29, 1.82) is 0 Å². The zero-order valence-electron chi connectivity index (χ0n) is 10.6. The smallest absolute Gasteiger partial charge is 0.321 e. The highest BCUT2D eigenvalue weighted by molar-refractivity contribution is 7.99. The number of thioether (sulfide) groups is 1. The first-order valence-electron chi connectivity index (χ1n) is 6.34. The Labute approximate surface area is 125 Å².